The third kappa shape index (κ3) is 3.09. The molecule has 0 radical (unpaired) electrons. The van der Waals surface area contributed by atoms with Gasteiger partial charge in [-0.25, -0.2) is 0 Å². The van der Waals surface area contributed by atoms with E-state index in [0.29, 0.717) is 0 Å². The molecule has 1 N–H and O–H groups in total. The summed E-state index contributed by atoms with van der Waals surface area (Å²) in [6, 6.07) is 15.5. The molecule has 0 aromatic heterocycles. The number of nitrogens with one attached hydrogen (secondary N) is 1. The minimum atomic E-state index is -0.289. The maximum absolute atomic E-state index is 12.5. The van der Waals surface area contributed by atoms with E-state index in [1.54, 1.807) is 0 Å². The van der Waals surface area contributed by atoms with Gasteiger partial charge in [0.25, 0.3) is 0 Å². The Morgan fingerprint density at radius 1 is 0.895 bits per heavy atom. The van der Waals surface area contributed by atoms with Crippen LogP contribution in [-0.2, 0) is 0 Å². The molecule has 0 aliphatic rings. The van der Waals surface area contributed by atoms with E-state index in [1.165, 1.54) is 5.56 Å². The zero-order valence-electron chi connectivity index (χ0n) is 11.6. The van der Waals surface area contributed by atoms with Crippen LogP contribution in [0, 0.1) is 13.8 Å². The number of benzene rings is 2. The van der Waals surface area contributed by atoms with Gasteiger partial charge in [0.15, 0.2) is 5.78 Å². The Labute approximate surface area is 114 Å². The first-order valence-electron chi connectivity index (χ1n) is 6.46. The van der Waals surface area contributed by atoms with E-state index in [1.807, 2.05) is 69.4 Å². The van der Waals surface area contributed by atoms with Crippen molar-refractivity contribution in [1.82, 2.24) is 5.32 Å². The highest BCUT2D eigenvalue weighted by Crippen LogP contribution is 2.19. The molecule has 1 atom stereocenters. The molecule has 2 aromatic carbocycles. The minimum Gasteiger partial charge on any atom is -0.307 e. The number of Topliss-reactive ketones (excluding diaryl/α,β-unsaturated/α-hetero) is 1. The Kier molecular flexibility index (Phi) is 4.13. The lowest BCUT2D eigenvalue weighted by molar-refractivity contribution is 0.0947. The van der Waals surface area contributed by atoms with Crippen LogP contribution in [0.2, 0.25) is 0 Å². The summed E-state index contributed by atoms with van der Waals surface area (Å²) in [5.41, 5.74) is 4.10. The summed E-state index contributed by atoms with van der Waals surface area (Å²) in [4.78, 5) is 12.5. The van der Waals surface area contributed by atoms with Crippen LogP contribution in [0.4, 0.5) is 0 Å². The zero-order valence-corrected chi connectivity index (χ0v) is 11.6. The highest BCUT2D eigenvalue weighted by atomic mass is 16.1. The van der Waals surface area contributed by atoms with Crippen LogP contribution in [0.15, 0.2) is 48.5 Å². The van der Waals surface area contributed by atoms with E-state index in [9.17, 15) is 4.79 Å². The quantitative estimate of drug-likeness (QED) is 0.846. The predicted octanol–water partition coefficient (Wildman–Crippen LogP) is 3.45. The summed E-state index contributed by atoms with van der Waals surface area (Å²) in [6.07, 6.45) is 0. The maximum atomic E-state index is 12.5. The van der Waals surface area contributed by atoms with Gasteiger partial charge < -0.3 is 5.32 Å². The molecule has 0 bridgehead atoms. The average Bonchev–Trinajstić information content (AvgIpc) is 2.42. The van der Waals surface area contributed by atoms with Crippen LogP contribution in [-0.4, -0.2) is 12.8 Å². The molecule has 0 aliphatic heterocycles. The van der Waals surface area contributed by atoms with Gasteiger partial charge in [-0.1, -0.05) is 59.7 Å². The van der Waals surface area contributed by atoms with Gasteiger partial charge in [-0.15, -0.1) is 0 Å². The van der Waals surface area contributed by atoms with Crippen molar-refractivity contribution in [3.05, 3.63) is 70.8 Å². The number of carbonyl (C=O) groups is 1. The summed E-state index contributed by atoms with van der Waals surface area (Å²) < 4.78 is 0. The van der Waals surface area contributed by atoms with Gasteiger partial charge in [-0.05, 0) is 26.5 Å². The van der Waals surface area contributed by atoms with Crippen molar-refractivity contribution in [3.8, 4) is 0 Å². The molecule has 2 nitrogen and oxygen atoms in total. The number of aryl methyl sites for hydroxylation is 2. The average molecular weight is 253 g/mol. The third-order valence-corrected chi connectivity index (χ3v) is 3.30. The minimum absolute atomic E-state index is 0.103. The maximum Gasteiger partial charge on any atom is 0.184 e. The molecule has 98 valence electrons. The SMILES string of the molecule is CNC(C(=O)c1ccc(C)cc1)c1ccc(C)cc1. The number of likely N-dealkylation sites (N-methyl/N-ethyl adjacent to an activating group) is 1. The van der Waals surface area contributed by atoms with Gasteiger partial charge in [-0.2, -0.15) is 0 Å². The molecular weight excluding hydrogens is 234 g/mol. The summed E-state index contributed by atoms with van der Waals surface area (Å²) in [5, 5.41) is 3.10. The van der Waals surface area contributed by atoms with E-state index in [-0.39, 0.29) is 11.8 Å². The molecule has 0 amide bonds. The third-order valence-electron chi connectivity index (χ3n) is 3.30. The molecule has 2 aromatic rings. The second-order valence-corrected chi connectivity index (χ2v) is 4.86. The lowest BCUT2D eigenvalue weighted by Gasteiger charge is -2.16. The Hall–Kier alpha value is -1.93. The van der Waals surface area contributed by atoms with Crippen LogP contribution in [0.1, 0.15) is 33.1 Å². The van der Waals surface area contributed by atoms with Crippen LogP contribution >= 0.6 is 0 Å². The number of carbonyl (C=O) groups excluding carboxylic acids is 1. The van der Waals surface area contributed by atoms with Crippen LogP contribution in [0.3, 0.4) is 0 Å². The first kappa shape index (κ1) is 13.5. The van der Waals surface area contributed by atoms with Gasteiger partial charge in [-0.3, -0.25) is 4.79 Å². The molecule has 2 rings (SSSR count). The summed E-state index contributed by atoms with van der Waals surface area (Å²) in [7, 11) is 1.82. The molecule has 0 spiro atoms. The van der Waals surface area contributed by atoms with Crippen molar-refractivity contribution in [1.29, 1.82) is 0 Å². The fourth-order valence-corrected chi connectivity index (χ4v) is 2.09. The van der Waals surface area contributed by atoms with Crippen molar-refractivity contribution < 1.29 is 4.79 Å². The van der Waals surface area contributed by atoms with E-state index in [0.717, 1.165) is 16.7 Å². The monoisotopic (exact) mass is 253 g/mol. The molecular formula is C17H19NO. The highest BCUT2D eigenvalue weighted by Gasteiger charge is 2.19. The Bertz CT molecular complexity index is 555. The molecule has 0 fully saturated rings. The van der Waals surface area contributed by atoms with Gasteiger partial charge in [0.1, 0.15) is 0 Å². The molecule has 19 heavy (non-hydrogen) atoms. The second-order valence-electron chi connectivity index (χ2n) is 4.86. The van der Waals surface area contributed by atoms with Crippen molar-refractivity contribution >= 4 is 5.78 Å². The largest absolute Gasteiger partial charge is 0.307 e. The van der Waals surface area contributed by atoms with Crippen molar-refractivity contribution in [3.63, 3.8) is 0 Å². The molecule has 0 saturated heterocycles. The number of rotatable bonds is 4. The van der Waals surface area contributed by atoms with Gasteiger partial charge >= 0.3 is 0 Å². The van der Waals surface area contributed by atoms with E-state index in [4.69, 9.17) is 0 Å². The van der Waals surface area contributed by atoms with Crippen LogP contribution in [0.5, 0.6) is 0 Å². The first-order valence-corrected chi connectivity index (χ1v) is 6.46. The zero-order chi connectivity index (χ0) is 13.8. The smallest absolute Gasteiger partial charge is 0.184 e. The van der Waals surface area contributed by atoms with Crippen molar-refractivity contribution in [2.75, 3.05) is 7.05 Å². The molecule has 0 saturated carbocycles. The van der Waals surface area contributed by atoms with Gasteiger partial charge in [0.05, 0.1) is 6.04 Å². The summed E-state index contributed by atoms with van der Waals surface area (Å²) in [5.74, 6) is 0.103. The molecule has 0 aliphatic carbocycles. The standard InChI is InChI=1S/C17H19NO/c1-12-4-8-14(9-5-12)16(18-3)17(19)15-10-6-13(2)7-11-15/h4-11,16,18H,1-3H3. The van der Waals surface area contributed by atoms with Gasteiger partial charge in [0, 0.05) is 5.56 Å². The van der Waals surface area contributed by atoms with Crippen LogP contribution < -0.4 is 5.32 Å². The first-order chi connectivity index (χ1) is 9.11. The Morgan fingerprint density at radius 2 is 1.37 bits per heavy atom. The van der Waals surface area contributed by atoms with Crippen molar-refractivity contribution in [2.24, 2.45) is 0 Å². The molecule has 1 unspecified atom stereocenters. The Morgan fingerprint density at radius 3 is 1.84 bits per heavy atom. The number of hydrogen-bond acceptors (Lipinski definition) is 2. The molecule has 2 heteroatoms. The fraction of sp³-hybridized carbons (Fsp3) is 0.235. The summed E-state index contributed by atoms with van der Waals surface area (Å²) >= 11 is 0. The lowest BCUT2D eigenvalue weighted by Crippen LogP contribution is -2.25. The lowest BCUT2D eigenvalue weighted by atomic mass is 9.96. The normalized spacial score (nSPS) is 12.2. The van der Waals surface area contributed by atoms with Crippen molar-refractivity contribution in [2.45, 2.75) is 19.9 Å². The fourth-order valence-electron chi connectivity index (χ4n) is 2.09. The van der Waals surface area contributed by atoms with Crippen LogP contribution in [0.25, 0.3) is 0 Å². The molecule has 0 heterocycles. The van der Waals surface area contributed by atoms with E-state index in [2.05, 4.69) is 5.32 Å². The summed E-state index contributed by atoms with van der Waals surface area (Å²) in [6.45, 7) is 4.06. The predicted molar refractivity (Wildman–Crippen MR) is 78.5 cm³/mol. The highest BCUT2D eigenvalue weighted by molar-refractivity contribution is 6.00. The van der Waals surface area contributed by atoms with E-state index < -0.39 is 0 Å². The topological polar surface area (TPSA) is 29.1 Å². The Balaban J connectivity index is 2.29. The number of hydrogen-bond donors (Lipinski definition) is 1. The second kappa shape index (κ2) is 5.81. The number of ketones is 1. The van der Waals surface area contributed by atoms with E-state index >= 15 is 0 Å². The van der Waals surface area contributed by atoms with Gasteiger partial charge in [0.2, 0.25) is 0 Å².